The van der Waals surface area contributed by atoms with E-state index in [0.717, 1.165) is 12.3 Å². The molecule has 1 saturated heterocycles. The van der Waals surface area contributed by atoms with Crippen LogP contribution in [-0.4, -0.2) is 17.7 Å². The highest BCUT2D eigenvalue weighted by atomic mass is 79.9. The molecule has 22 heavy (non-hydrogen) atoms. The van der Waals surface area contributed by atoms with Gasteiger partial charge in [-0.2, -0.15) is 5.26 Å². The van der Waals surface area contributed by atoms with Crippen molar-refractivity contribution in [1.29, 1.82) is 5.26 Å². The van der Waals surface area contributed by atoms with E-state index < -0.39 is 23.5 Å². The zero-order chi connectivity index (χ0) is 16.5. The number of esters is 2. The van der Waals surface area contributed by atoms with Gasteiger partial charge in [-0.05, 0) is 28.1 Å². The standard InChI is InChI=1S/C14H10BrFN2O4/c1-14(2)21-12(19)8(13(20)22-14)6-18-11-4-10(16)9(15)3-7(11)5-17/h3-4,6,18H,1-2H3. The van der Waals surface area contributed by atoms with Gasteiger partial charge in [-0.3, -0.25) is 0 Å². The van der Waals surface area contributed by atoms with E-state index in [1.807, 2.05) is 6.07 Å². The maximum Gasteiger partial charge on any atom is 0.350 e. The maximum absolute atomic E-state index is 13.5. The average molecular weight is 369 g/mol. The first-order chi connectivity index (χ1) is 10.2. The summed E-state index contributed by atoms with van der Waals surface area (Å²) in [5.74, 6) is -3.68. The largest absolute Gasteiger partial charge is 0.419 e. The van der Waals surface area contributed by atoms with Gasteiger partial charge in [-0.15, -0.1) is 0 Å². The summed E-state index contributed by atoms with van der Waals surface area (Å²) in [6, 6.07) is 4.20. The second-order valence-electron chi connectivity index (χ2n) is 4.80. The van der Waals surface area contributed by atoms with Crippen LogP contribution < -0.4 is 5.32 Å². The number of cyclic esters (lactones) is 2. The number of nitriles is 1. The number of anilines is 1. The molecule has 1 aromatic rings. The first-order valence-corrected chi connectivity index (χ1v) is 6.85. The summed E-state index contributed by atoms with van der Waals surface area (Å²) < 4.78 is 23.5. The number of nitrogens with zero attached hydrogens (tertiary/aromatic N) is 1. The fraction of sp³-hybridized carbons (Fsp3) is 0.214. The van der Waals surface area contributed by atoms with Crippen molar-refractivity contribution in [2.45, 2.75) is 19.6 Å². The Labute approximate surface area is 133 Å². The highest BCUT2D eigenvalue weighted by molar-refractivity contribution is 9.10. The summed E-state index contributed by atoms with van der Waals surface area (Å²) in [7, 11) is 0. The quantitative estimate of drug-likeness (QED) is 0.490. The van der Waals surface area contributed by atoms with Crippen LogP contribution in [0.4, 0.5) is 10.1 Å². The first-order valence-electron chi connectivity index (χ1n) is 6.06. The minimum absolute atomic E-state index is 0.0983. The highest BCUT2D eigenvalue weighted by Crippen LogP contribution is 2.26. The lowest BCUT2D eigenvalue weighted by atomic mass is 10.2. The van der Waals surface area contributed by atoms with Crippen molar-refractivity contribution in [2.24, 2.45) is 0 Å². The van der Waals surface area contributed by atoms with Crippen LogP contribution in [0.2, 0.25) is 0 Å². The topological polar surface area (TPSA) is 88.4 Å². The number of ether oxygens (including phenoxy) is 2. The Hall–Kier alpha value is -2.40. The molecule has 1 heterocycles. The van der Waals surface area contributed by atoms with Crippen molar-refractivity contribution in [3.8, 4) is 6.07 Å². The van der Waals surface area contributed by atoms with Crippen LogP contribution in [0.3, 0.4) is 0 Å². The molecule has 0 saturated carbocycles. The van der Waals surface area contributed by atoms with E-state index in [1.165, 1.54) is 19.9 Å². The number of hydrogen-bond acceptors (Lipinski definition) is 6. The molecular formula is C14H10BrFN2O4. The molecular weight excluding hydrogens is 359 g/mol. The third-order valence-corrected chi connectivity index (χ3v) is 3.28. The number of halogens is 2. The van der Waals surface area contributed by atoms with E-state index in [4.69, 9.17) is 14.7 Å². The molecule has 0 atom stereocenters. The van der Waals surface area contributed by atoms with Gasteiger partial charge in [-0.25, -0.2) is 14.0 Å². The van der Waals surface area contributed by atoms with Gasteiger partial charge in [-0.1, -0.05) is 0 Å². The minimum Gasteiger partial charge on any atom is -0.419 e. The second kappa shape index (κ2) is 5.77. The van der Waals surface area contributed by atoms with Crippen LogP contribution >= 0.6 is 15.9 Å². The van der Waals surface area contributed by atoms with Crippen LogP contribution in [0.1, 0.15) is 19.4 Å². The molecule has 1 aliphatic heterocycles. The van der Waals surface area contributed by atoms with Gasteiger partial charge >= 0.3 is 11.9 Å². The van der Waals surface area contributed by atoms with Gasteiger partial charge in [0.2, 0.25) is 0 Å². The van der Waals surface area contributed by atoms with Crippen LogP contribution in [0, 0.1) is 17.1 Å². The molecule has 1 aliphatic rings. The van der Waals surface area contributed by atoms with Gasteiger partial charge in [0, 0.05) is 20.0 Å². The van der Waals surface area contributed by atoms with Gasteiger partial charge in [0.25, 0.3) is 5.79 Å². The fourth-order valence-electron chi connectivity index (χ4n) is 1.69. The van der Waals surface area contributed by atoms with Crippen LogP contribution in [0.25, 0.3) is 0 Å². The number of rotatable bonds is 2. The molecule has 0 spiro atoms. The summed E-state index contributed by atoms with van der Waals surface area (Å²) in [5, 5.41) is 11.5. The molecule has 1 aromatic carbocycles. The molecule has 1 fully saturated rings. The average Bonchev–Trinajstić information content (AvgIpc) is 2.40. The van der Waals surface area contributed by atoms with E-state index in [2.05, 4.69) is 21.2 Å². The van der Waals surface area contributed by atoms with Gasteiger partial charge in [0.05, 0.1) is 15.7 Å². The summed E-state index contributed by atoms with van der Waals surface area (Å²) in [6.07, 6.45) is 1.02. The first kappa shape index (κ1) is 16.0. The van der Waals surface area contributed by atoms with Gasteiger partial charge < -0.3 is 14.8 Å². The lowest BCUT2D eigenvalue weighted by Gasteiger charge is -2.29. The normalized spacial score (nSPS) is 16.4. The van der Waals surface area contributed by atoms with Crippen LogP contribution in [-0.2, 0) is 19.1 Å². The summed E-state index contributed by atoms with van der Waals surface area (Å²) in [5.41, 5.74) is -0.157. The number of benzene rings is 1. The summed E-state index contributed by atoms with van der Waals surface area (Å²) >= 11 is 2.96. The van der Waals surface area contributed by atoms with Crippen molar-refractivity contribution in [1.82, 2.24) is 0 Å². The van der Waals surface area contributed by atoms with Crippen molar-refractivity contribution < 1.29 is 23.5 Å². The third-order valence-electron chi connectivity index (χ3n) is 2.67. The van der Waals surface area contributed by atoms with E-state index in [9.17, 15) is 14.0 Å². The van der Waals surface area contributed by atoms with Gasteiger partial charge in [0.15, 0.2) is 5.57 Å². The Morgan fingerprint density at radius 3 is 2.45 bits per heavy atom. The predicted molar refractivity (Wildman–Crippen MR) is 76.8 cm³/mol. The molecule has 0 amide bonds. The zero-order valence-electron chi connectivity index (χ0n) is 11.6. The van der Waals surface area contributed by atoms with Gasteiger partial charge in [0.1, 0.15) is 11.9 Å². The molecule has 6 nitrogen and oxygen atoms in total. The van der Waals surface area contributed by atoms with Crippen molar-refractivity contribution in [2.75, 3.05) is 5.32 Å². The molecule has 114 valence electrons. The molecule has 0 aromatic heterocycles. The van der Waals surface area contributed by atoms with E-state index >= 15 is 0 Å². The molecule has 0 unspecified atom stereocenters. The smallest absolute Gasteiger partial charge is 0.350 e. The second-order valence-corrected chi connectivity index (χ2v) is 5.66. The molecule has 0 aliphatic carbocycles. The lowest BCUT2D eigenvalue weighted by Crippen LogP contribution is -2.42. The minimum atomic E-state index is -1.34. The monoisotopic (exact) mass is 368 g/mol. The Bertz CT molecular complexity index is 715. The molecule has 1 N–H and O–H groups in total. The fourth-order valence-corrected chi connectivity index (χ4v) is 2.03. The summed E-state index contributed by atoms with van der Waals surface area (Å²) in [6.45, 7) is 2.84. The number of carbonyl (C=O) groups excluding carboxylic acids is 2. The van der Waals surface area contributed by atoms with Crippen molar-refractivity contribution >= 4 is 33.6 Å². The zero-order valence-corrected chi connectivity index (χ0v) is 13.2. The third kappa shape index (κ3) is 3.26. The summed E-state index contributed by atoms with van der Waals surface area (Å²) in [4.78, 5) is 23.5. The van der Waals surface area contributed by atoms with Crippen molar-refractivity contribution in [3.05, 3.63) is 39.8 Å². The SMILES string of the molecule is CC1(C)OC(=O)C(=CNc2cc(F)c(Br)cc2C#N)C(=O)O1. The molecule has 0 radical (unpaired) electrons. The maximum atomic E-state index is 13.5. The predicted octanol–water partition coefficient (Wildman–Crippen LogP) is 2.59. The number of hydrogen-bond donors (Lipinski definition) is 1. The van der Waals surface area contributed by atoms with Crippen molar-refractivity contribution in [3.63, 3.8) is 0 Å². The Kier molecular flexibility index (Phi) is 4.19. The molecule has 2 rings (SSSR count). The Morgan fingerprint density at radius 1 is 1.32 bits per heavy atom. The lowest BCUT2D eigenvalue weighted by molar-refractivity contribution is -0.222. The number of carbonyl (C=O) groups is 2. The van der Waals surface area contributed by atoms with E-state index in [1.54, 1.807) is 0 Å². The Morgan fingerprint density at radius 2 is 1.91 bits per heavy atom. The Balaban J connectivity index is 2.29. The van der Waals surface area contributed by atoms with Crippen LogP contribution in [0.5, 0.6) is 0 Å². The molecule has 8 heteroatoms. The number of nitrogens with one attached hydrogen (secondary N) is 1. The van der Waals surface area contributed by atoms with Crippen LogP contribution in [0.15, 0.2) is 28.4 Å². The molecule has 0 bridgehead atoms. The van der Waals surface area contributed by atoms with E-state index in [-0.39, 0.29) is 21.3 Å². The highest BCUT2D eigenvalue weighted by Gasteiger charge is 2.38. The van der Waals surface area contributed by atoms with E-state index in [0.29, 0.717) is 0 Å².